The molecule has 1 aliphatic carbocycles. The highest BCUT2D eigenvalue weighted by atomic mass is 32.2. The van der Waals surface area contributed by atoms with E-state index >= 15 is 0 Å². The van der Waals surface area contributed by atoms with Gasteiger partial charge in [-0.05, 0) is 49.8 Å². The van der Waals surface area contributed by atoms with Crippen LogP contribution >= 0.6 is 0 Å². The van der Waals surface area contributed by atoms with Crippen molar-refractivity contribution < 1.29 is 17.7 Å². The van der Waals surface area contributed by atoms with Crippen LogP contribution in [0.4, 0.5) is 0 Å². The summed E-state index contributed by atoms with van der Waals surface area (Å²) in [5, 5.41) is 14.1. The van der Waals surface area contributed by atoms with Crippen molar-refractivity contribution in [1.82, 2.24) is 0 Å². The van der Waals surface area contributed by atoms with Gasteiger partial charge in [0.2, 0.25) is 0 Å². The molecule has 1 aromatic carbocycles. The summed E-state index contributed by atoms with van der Waals surface area (Å²) in [7, 11) is -3.89. The van der Waals surface area contributed by atoms with E-state index in [1.54, 1.807) is 12.1 Å². The van der Waals surface area contributed by atoms with Crippen molar-refractivity contribution in [3.8, 4) is 0 Å². The normalized spacial score (nSPS) is 21.2. The molecule has 3 atom stereocenters. The van der Waals surface area contributed by atoms with Crippen LogP contribution in [0.2, 0.25) is 0 Å². The molecule has 1 aromatic rings. The average molecular weight is 398 g/mol. The third-order valence-corrected chi connectivity index (χ3v) is 5.91. The summed E-state index contributed by atoms with van der Waals surface area (Å²) in [6.45, 7) is 5.57. The molecular formula is C19H31N3O4S. The van der Waals surface area contributed by atoms with E-state index in [0.717, 1.165) is 37.7 Å². The largest absolute Gasteiger partial charge is 0.391 e. The third-order valence-electron chi connectivity index (χ3n) is 4.62. The number of benzene rings is 1. The van der Waals surface area contributed by atoms with Crippen molar-refractivity contribution >= 4 is 10.1 Å². The summed E-state index contributed by atoms with van der Waals surface area (Å²) in [6.07, 6.45) is 4.25. The van der Waals surface area contributed by atoms with Crippen LogP contribution in [0.25, 0.3) is 10.4 Å². The lowest BCUT2D eigenvalue weighted by molar-refractivity contribution is 0.0816. The summed E-state index contributed by atoms with van der Waals surface area (Å²) in [6, 6.07) is 6.22. The van der Waals surface area contributed by atoms with Gasteiger partial charge < -0.3 is 5.11 Å². The maximum absolute atomic E-state index is 12.2. The minimum Gasteiger partial charge on any atom is -0.391 e. The number of nitrogens with zero attached hydrogens (tertiary/aromatic N) is 3. The van der Waals surface area contributed by atoms with Crippen LogP contribution < -0.4 is 0 Å². The zero-order valence-corrected chi connectivity index (χ0v) is 17.2. The molecule has 0 saturated heterocycles. The zero-order chi connectivity index (χ0) is 20.3. The highest BCUT2D eigenvalue weighted by Crippen LogP contribution is 2.29. The van der Waals surface area contributed by atoms with E-state index in [4.69, 9.17) is 9.71 Å². The van der Waals surface area contributed by atoms with Gasteiger partial charge in [0.05, 0.1) is 17.6 Å². The van der Waals surface area contributed by atoms with Gasteiger partial charge in [0, 0.05) is 11.0 Å². The van der Waals surface area contributed by atoms with Gasteiger partial charge in [0.25, 0.3) is 10.1 Å². The first-order valence-corrected chi connectivity index (χ1v) is 11.0. The second-order valence-corrected chi connectivity index (χ2v) is 8.23. The predicted octanol–water partition coefficient (Wildman–Crippen LogP) is 4.74. The molecule has 0 radical (unpaired) electrons. The monoisotopic (exact) mass is 397 g/mol. The van der Waals surface area contributed by atoms with Crippen LogP contribution in [0.5, 0.6) is 0 Å². The number of aliphatic hydroxyl groups excluding tert-OH is 1. The molecular weight excluding hydrogens is 366 g/mol. The van der Waals surface area contributed by atoms with E-state index in [2.05, 4.69) is 10.0 Å². The molecule has 1 N–H and O–H groups in total. The fourth-order valence-corrected chi connectivity index (χ4v) is 4.16. The Morgan fingerprint density at radius 3 is 2.48 bits per heavy atom. The van der Waals surface area contributed by atoms with E-state index < -0.39 is 16.2 Å². The van der Waals surface area contributed by atoms with Gasteiger partial charge in [-0.25, -0.2) is 0 Å². The Morgan fingerprint density at radius 2 is 1.85 bits per heavy atom. The molecule has 0 bridgehead atoms. The molecule has 8 heteroatoms. The predicted molar refractivity (Wildman–Crippen MR) is 106 cm³/mol. The van der Waals surface area contributed by atoms with Crippen LogP contribution in [0.1, 0.15) is 57.9 Å². The smallest absolute Gasteiger partial charge is 0.297 e. The summed E-state index contributed by atoms with van der Waals surface area (Å²) in [4.78, 5) is 2.98. The standard InChI is InChI=1S/C17H25N3O4S.C2H6/c1-13-7-9-16(10-8-13)25(22,23)24-12-15(21)11-14-5-3-2-4-6-17(14)19-20-18;1-2/h7-10,14-15,17,21H,2-6,11-12H2,1H3;1-2H3/t14-,15+,17+;/m0./s1. The first kappa shape index (κ1) is 23.4. The van der Waals surface area contributed by atoms with Crippen LogP contribution in [0.15, 0.2) is 34.3 Å². The number of aryl methyl sites for hydroxylation is 1. The van der Waals surface area contributed by atoms with E-state index in [0.29, 0.717) is 6.42 Å². The maximum atomic E-state index is 12.2. The molecule has 2 rings (SSSR count). The molecule has 0 aliphatic heterocycles. The lowest BCUT2D eigenvalue weighted by atomic mass is 9.90. The molecule has 0 amide bonds. The number of hydrogen-bond acceptors (Lipinski definition) is 5. The topological polar surface area (TPSA) is 112 Å². The molecule has 1 aliphatic rings. The van der Waals surface area contributed by atoms with Crippen LogP contribution in [-0.2, 0) is 14.3 Å². The minimum absolute atomic E-state index is 0.0547. The Hall–Kier alpha value is -1.60. The van der Waals surface area contributed by atoms with Gasteiger partial charge in [0.15, 0.2) is 0 Å². The van der Waals surface area contributed by atoms with Gasteiger partial charge in [0.1, 0.15) is 0 Å². The van der Waals surface area contributed by atoms with E-state index in [9.17, 15) is 13.5 Å². The summed E-state index contributed by atoms with van der Waals surface area (Å²) < 4.78 is 29.3. The van der Waals surface area contributed by atoms with Crippen LogP contribution in [0.3, 0.4) is 0 Å². The number of azide groups is 1. The van der Waals surface area contributed by atoms with Gasteiger partial charge in [-0.2, -0.15) is 8.42 Å². The first-order valence-electron chi connectivity index (χ1n) is 9.61. The second-order valence-electron chi connectivity index (χ2n) is 6.61. The average Bonchev–Trinajstić information content (AvgIpc) is 2.88. The number of aliphatic hydroxyl groups is 1. The van der Waals surface area contributed by atoms with Gasteiger partial charge in [-0.1, -0.05) is 55.9 Å². The zero-order valence-electron chi connectivity index (χ0n) is 16.4. The second kappa shape index (κ2) is 12.0. The Kier molecular flexibility index (Phi) is 10.4. The molecule has 7 nitrogen and oxygen atoms in total. The number of hydrogen-bond donors (Lipinski definition) is 1. The van der Waals surface area contributed by atoms with Crippen LogP contribution in [0, 0.1) is 12.8 Å². The molecule has 0 heterocycles. The van der Waals surface area contributed by atoms with Gasteiger partial charge >= 0.3 is 0 Å². The molecule has 0 unspecified atom stereocenters. The molecule has 1 saturated carbocycles. The van der Waals surface area contributed by atoms with Crippen LogP contribution in [-0.4, -0.2) is 32.3 Å². The third kappa shape index (κ3) is 7.89. The van der Waals surface area contributed by atoms with Crippen molar-refractivity contribution in [3.05, 3.63) is 40.3 Å². The summed E-state index contributed by atoms with van der Waals surface area (Å²) in [5.41, 5.74) is 9.66. The van der Waals surface area contributed by atoms with Crippen molar-refractivity contribution in [1.29, 1.82) is 0 Å². The fraction of sp³-hybridized carbons (Fsp3) is 0.684. The Balaban J connectivity index is 0.00000176. The Bertz CT molecular complexity index is 700. The van der Waals surface area contributed by atoms with Gasteiger partial charge in [-0.3, -0.25) is 4.18 Å². The first-order chi connectivity index (χ1) is 12.9. The van der Waals surface area contributed by atoms with E-state index in [1.807, 2.05) is 20.8 Å². The molecule has 27 heavy (non-hydrogen) atoms. The SMILES string of the molecule is CC.Cc1ccc(S(=O)(=O)OC[C@H](O)C[C@@H]2CCCCC[C@H]2N=[N+]=[N-])cc1. The van der Waals surface area contributed by atoms with Crippen molar-refractivity contribution in [3.63, 3.8) is 0 Å². The lowest BCUT2D eigenvalue weighted by Crippen LogP contribution is -2.26. The highest BCUT2D eigenvalue weighted by molar-refractivity contribution is 7.86. The molecule has 152 valence electrons. The summed E-state index contributed by atoms with van der Waals surface area (Å²) >= 11 is 0. The van der Waals surface area contributed by atoms with Crippen molar-refractivity contribution in [2.24, 2.45) is 11.0 Å². The van der Waals surface area contributed by atoms with Crippen molar-refractivity contribution in [2.75, 3.05) is 6.61 Å². The van der Waals surface area contributed by atoms with Gasteiger partial charge in [-0.15, -0.1) is 0 Å². The van der Waals surface area contributed by atoms with E-state index in [-0.39, 0.29) is 23.5 Å². The maximum Gasteiger partial charge on any atom is 0.297 e. The molecule has 1 fully saturated rings. The lowest BCUT2D eigenvalue weighted by Gasteiger charge is -2.23. The molecule has 0 aromatic heterocycles. The Morgan fingerprint density at radius 1 is 1.22 bits per heavy atom. The number of rotatable bonds is 7. The minimum atomic E-state index is -3.89. The van der Waals surface area contributed by atoms with E-state index in [1.165, 1.54) is 12.1 Å². The Labute approximate surface area is 162 Å². The quantitative estimate of drug-likeness (QED) is 0.235. The molecule has 0 spiro atoms. The highest BCUT2D eigenvalue weighted by Gasteiger charge is 2.26. The summed E-state index contributed by atoms with van der Waals surface area (Å²) in [5.74, 6) is 0.0547. The fourth-order valence-electron chi connectivity index (χ4n) is 3.22. The van der Waals surface area contributed by atoms with Crippen molar-refractivity contribution in [2.45, 2.75) is 76.3 Å².